The van der Waals surface area contributed by atoms with Crippen LogP contribution < -0.4 is 0 Å². The molecule has 4 atom stereocenters. The maximum Gasteiger partial charge on any atom is 0.338 e. The lowest BCUT2D eigenvalue weighted by atomic mass is 9.81. The second kappa shape index (κ2) is 6.46. The summed E-state index contributed by atoms with van der Waals surface area (Å²) in [5, 5.41) is 19.3. The summed E-state index contributed by atoms with van der Waals surface area (Å²) in [7, 11) is 1.42. The number of aliphatic carboxylic acids is 1. The SMILES string of the molecule is CO[C@H]1[C@H](OC(=O)c2ccccc2)C[C@H](O)C1(C)CC(=O)O. The first-order valence-corrected chi connectivity index (χ1v) is 7.07. The summed E-state index contributed by atoms with van der Waals surface area (Å²) in [6.45, 7) is 1.64. The number of ether oxygens (including phenoxy) is 2. The quantitative estimate of drug-likeness (QED) is 0.800. The predicted molar refractivity (Wildman–Crippen MR) is 77.4 cm³/mol. The second-order valence-electron chi connectivity index (χ2n) is 5.79. The molecule has 0 radical (unpaired) electrons. The molecule has 0 amide bonds. The Morgan fingerprint density at radius 2 is 1.95 bits per heavy atom. The molecular formula is C16H20O6. The minimum Gasteiger partial charge on any atom is -0.481 e. The number of hydrogen-bond donors (Lipinski definition) is 2. The summed E-state index contributed by atoms with van der Waals surface area (Å²) in [6, 6.07) is 8.50. The zero-order chi connectivity index (χ0) is 16.3. The topological polar surface area (TPSA) is 93.1 Å². The van der Waals surface area contributed by atoms with Crippen LogP contribution in [0, 0.1) is 5.41 Å². The molecule has 1 aliphatic carbocycles. The molecule has 0 bridgehead atoms. The van der Waals surface area contributed by atoms with Crippen LogP contribution in [0.15, 0.2) is 30.3 Å². The number of aliphatic hydroxyl groups is 1. The van der Waals surface area contributed by atoms with E-state index in [1.807, 2.05) is 0 Å². The van der Waals surface area contributed by atoms with Crippen molar-refractivity contribution in [1.82, 2.24) is 0 Å². The van der Waals surface area contributed by atoms with Crippen molar-refractivity contribution < 1.29 is 29.3 Å². The van der Waals surface area contributed by atoms with E-state index in [2.05, 4.69) is 0 Å². The van der Waals surface area contributed by atoms with Gasteiger partial charge in [0, 0.05) is 18.9 Å². The van der Waals surface area contributed by atoms with Gasteiger partial charge in [-0.3, -0.25) is 4.79 Å². The van der Waals surface area contributed by atoms with Gasteiger partial charge in [-0.1, -0.05) is 25.1 Å². The maximum atomic E-state index is 12.1. The number of hydrogen-bond acceptors (Lipinski definition) is 5. The van der Waals surface area contributed by atoms with Gasteiger partial charge in [-0.15, -0.1) is 0 Å². The number of carbonyl (C=O) groups excluding carboxylic acids is 1. The van der Waals surface area contributed by atoms with Crippen LogP contribution in [0.1, 0.15) is 30.1 Å². The lowest BCUT2D eigenvalue weighted by Gasteiger charge is -2.33. The zero-order valence-electron chi connectivity index (χ0n) is 12.6. The summed E-state index contributed by atoms with van der Waals surface area (Å²) in [5.41, 5.74) is -0.596. The molecule has 120 valence electrons. The van der Waals surface area contributed by atoms with Crippen molar-refractivity contribution in [3.63, 3.8) is 0 Å². The van der Waals surface area contributed by atoms with E-state index >= 15 is 0 Å². The monoisotopic (exact) mass is 308 g/mol. The van der Waals surface area contributed by atoms with Crippen LogP contribution >= 0.6 is 0 Å². The number of carboxylic acids is 1. The van der Waals surface area contributed by atoms with Crippen molar-refractivity contribution >= 4 is 11.9 Å². The summed E-state index contributed by atoms with van der Waals surface area (Å²) in [4.78, 5) is 23.2. The fraction of sp³-hybridized carbons (Fsp3) is 0.500. The van der Waals surface area contributed by atoms with Gasteiger partial charge in [0.25, 0.3) is 0 Å². The van der Waals surface area contributed by atoms with Gasteiger partial charge in [-0.05, 0) is 12.1 Å². The Balaban J connectivity index is 2.15. The standard InChI is InChI=1S/C16H20O6/c1-16(9-13(18)19)12(17)8-11(14(16)21-2)22-15(20)10-6-4-3-5-7-10/h3-7,11-12,14,17H,8-9H2,1-2H3,(H,18,19)/t11-,12+,14+,16?/m1/s1. The van der Waals surface area contributed by atoms with E-state index in [-0.39, 0.29) is 12.8 Å². The number of rotatable bonds is 5. The Labute approximate surface area is 128 Å². The first kappa shape index (κ1) is 16.5. The highest BCUT2D eigenvalue weighted by atomic mass is 16.6. The van der Waals surface area contributed by atoms with Gasteiger partial charge >= 0.3 is 11.9 Å². The fourth-order valence-electron chi connectivity index (χ4n) is 3.08. The molecule has 1 fully saturated rings. The highest BCUT2D eigenvalue weighted by molar-refractivity contribution is 5.89. The van der Waals surface area contributed by atoms with Gasteiger partial charge in [0.15, 0.2) is 0 Å². The van der Waals surface area contributed by atoms with Gasteiger partial charge in [0.2, 0.25) is 0 Å². The van der Waals surface area contributed by atoms with Crippen molar-refractivity contribution in [2.75, 3.05) is 7.11 Å². The molecule has 0 aliphatic heterocycles. The van der Waals surface area contributed by atoms with Crippen molar-refractivity contribution in [2.24, 2.45) is 5.41 Å². The van der Waals surface area contributed by atoms with Crippen LogP contribution in [0.3, 0.4) is 0 Å². The van der Waals surface area contributed by atoms with Crippen molar-refractivity contribution in [1.29, 1.82) is 0 Å². The Kier molecular flexibility index (Phi) is 4.83. The summed E-state index contributed by atoms with van der Waals surface area (Å²) in [6.07, 6.45) is -2.38. The molecule has 0 spiro atoms. The molecule has 1 aromatic rings. The largest absolute Gasteiger partial charge is 0.481 e. The first-order chi connectivity index (χ1) is 10.4. The van der Waals surface area contributed by atoms with E-state index in [1.54, 1.807) is 37.3 Å². The first-order valence-electron chi connectivity index (χ1n) is 7.07. The highest BCUT2D eigenvalue weighted by Gasteiger charge is 2.54. The van der Waals surface area contributed by atoms with Crippen LogP contribution in [0.2, 0.25) is 0 Å². The second-order valence-corrected chi connectivity index (χ2v) is 5.79. The van der Waals surface area contributed by atoms with E-state index in [9.17, 15) is 14.7 Å². The van der Waals surface area contributed by atoms with Gasteiger partial charge in [-0.2, -0.15) is 0 Å². The lowest BCUT2D eigenvalue weighted by molar-refractivity contribution is -0.145. The van der Waals surface area contributed by atoms with Gasteiger partial charge in [-0.25, -0.2) is 4.79 Å². The van der Waals surface area contributed by atoms with Crippen molar-refractivity contribution in [3.8, 4) is 0 Å². The molecule has 1 aliphatic rings. The van der Waals surface area contributed by atoms with Crippen LogP contribution in [0.25, 0.3) is 0 Å². The predicted octanol–water partition coefficient (Wildman–Crippen LogP) is 1.47. The third-order valence-electron chi connectivity index (χ3n) is 4.26. The van der Waals surface area contributed by atoms with Crippen LogP contribution in [-0.2, 0) is 14.3 Å². The van der Waals surface area contributed by atoms with E-state index in [1.165, 1.54) is 7.11 Å². The Morgan fingerprint density at radius 1 is 1.32 bits per heavy atom. The Morgan fingerprint density at radius 3 is 2.50 bits per heavy atom. The van der Waals surface area contributed by atoms with Crippen LogP contribution in [-0.4, -0.2) is 47.6 Å². The van der Waals surface area contributed by atoms with Gasteiger partial charge in [0.05, 0.1) is 18.1 Å². The molecule has 0 saturated heterocycles. The minimum atomic E-state index is -1.03. The van der Waals surface area contributed by atoms with E-state index in [0.717, 1.165) is 0 Å². The van der Waals surface area contributed by atoms with Gasteiger partial charge in [0.1, 0.15) is 12.2 Å². The smallest absolute Gasteiger partial charge is 0.338 e. The van der Waals surface area contributed by atoms with Crippen molar-refractivity contribution in [3.05, 3.63) is 35.9 Å². The number of aliphatic hydroxyl groups excluding tert-OH is 1. The Hall–Kier alpha value is -1.92. The molecule has 0 heterocycles. The van der Waals surface area contributed by atoms with Crippen molar-refractivity contribution in [2.45, 2.75) is 38.1 Å². The third-order valence-corrected chi connectivity index (χ3v) is 4.26. The highest BCUT2D eigenvalue weighted by Crippen LogP contribution is 2.44. The number of carboxylic acid groups (broad SMARTS) is 1. The average Bonchev–Trinajstić information content (AvgIpc) is 2.69. The maximum absolute atomic E-state index is 12.1. The molecular weight excluding hydrogens is 288 g/mol. The number of esters is 1. The van der Waals surface area contributed by atoms with E-state index in [0.29, 0.717) is 5.56 Å². The molecule has 1 unspecified atom stereocenters. The van der Waals surface area contributed by atoms with E-state index in [4.69, 9.17) is 14.6 Å². The molecule has 2 N–H and O–H groups in total. The molecule has 2 rings (SSSR count). The number of methoxy groups -OCH3 is 1. The van der Waals surface area contributed by atoms with Crippen LogP contribution in [0.5, 0.6) is 0 Å². The molecule has 1 aromatic carbocycles. The van der Waals surface area contributed by atoms with Gasteiger partial charge < -0.3 is 19.7 Å². The molecule has 0 aromatic heterocycles. The number of benzene rings is 1. The Bertz CT molecular complexity index is 543. The number of carbonyl (C=O) groups is 2. The summed E-state index contributed by atoms with van der Waals surface area (Å²) >= 11 is 0. The molecule has 6 nitrogen and oxygen atoms in total. The third kappa shape index (κ3) is 3.13. The lowest BCUT2D eigenvalue weighted by Crippen LogP contribution is -2.42. The normalized spacial score (nSPS) is 31.0. The zero-order valence-corrected chi connectivity index (χ0v) is 12.6. The molecule has 1 saturated carbocycles. The molecule has 22 heavy (non-hydrogen) atoms. The fourth-order valence-corrected chi connectivity index (χ4v) is 3.08. The van der Waals surface area contributed by atoms with E-state index < -0.39 is 35.7 Å². The summed E-state index contributed by atoms with van der Waals surface area (Å²) < 4.78 is 10.8. The molecule has 6 heteroatoms. The minimum absolute atomic E-state index is 0.154. The van der Waals surface area contributed by atoms with Crippen LogP contribution in [0.4, 0.5) is 0 Å². The average molecular weight is 308 g/mol. The summed E-state index contributed by atoms with van der Waals surface area (Å²) in [5.74, 6) is -1.54.